The molecule has 0 heterocycles. The van der Waals surface area contributed by atoms with Crippen molar-refractivity contribution < 1.29 is 9.18 Å². The summed E-state index contributed by atoms with van der Waals surface area (Å²) in [7, 11) is 0. The molecule has 0 bridgehead atoms. The van der Waals surface area contributed by atoms with Crippen LogP contribution in [0.2, 0.25) is 0 Å². The molecule has 0 unspecified atom stereocenters. The van der Waals surface area contributed by atoms with Gasteiger partial charge in [-0.3, -0.25) is 4.79 Å². The molecule has 0 spiro atoms. The Morgan fingerprint density at radius 3 is 2.52 bits per heavy atom. The van der Waals surface area contributed by atoms with Crippen LogP contribution in [0.4, 0.5) is 10.1 Å². The highest BCUT2D eigenvalue weighted by atomic mass is 19.1. The SMILES string of the molecule is C=CC(=O)Nc1ccc(-c2cccc(C(C)C)c2)cc1F. The number of amides is 1. The van der Waals surface area contributed by atoms with E-state index in [0.29, 0.717) is 5.92 Å². The van der Waals surface area contributed by atoms with Crippen molar-refractivity contribution in [2.75, 3.05) is 5.32 Å². The number of rotatable bonds is 4. The van der Waals surface area contributed by atoms with Gasteiger partial charge < -0.3 is 5.32 Å². The number of halogens is 1. The summed E-state index contributed by atoms with van der Waals surface area (Å²) in [5.41, 5.74) is 3.11. The van der Waals surface area contributed by atoms with Crippen LogP contribution in [0.25, 0.3) is 11.1 Å². The summed E-state index contributed by atoms with van der Waals surface area (Å²) in [4.78, 5) is 11.2. The Bertz CT molecular complexity index is 677. The van der Waals surface area contributed by atoms with Crippen LogP contribution in [0, 0.1) is 5.82 Å². The zero-order chi connectivity index (χ0) is 15.4. The van der Waals surface area contributed by atoms with E-state index >= 15 is 0 Å². The Labute approximate surface area is 124 Å². The molecule has 0 saturated carbocycles. The highest BCUT2D eigenvalue weighted by Gasteiger charge is 2.08. The quantitative estimate of drug-likeness (QED) is 0.807. The molecule has 0 aliphatic carbocycles. The molecule has 0 aliphatic rings. The number of nitrogens with one attached hydrogen (secondary N) is 1. The van der Waals surface area contributed by atoms with Crippen LogP contribution in [0.15, 0.2) is 55.1 Å². The van der Waals surface area contributed by atoms with E-state index in [0.717, 1.165) is 17.2 Å². The molecule has 2 aromatic carbocycles. The Kier molecular flexibility index (Phi) is 4.53. The van der Waals surface area contributed by atoms with E-state index in [-0.39, 0.29) is 5.69 Å². The second kappa shape index (κ2) is 6.35. The first-order valence-corrected chi connectivity index (χ1v) is 6.84. The average Bonchev–Trinajstić information content (AvgIpc) is 2.49. The van der Waals surface area contributed by atoms with E-state index in [9.17, 15) is 9.18 Å². The molecule has 3 heteroatoms. The number of hydrogen-bond acceptors (Lipinski definition) is 1. The summed E-state index contributed by atoms with van der Waals surface area (Å²) in [6, 6.07) is 12.8. The van der Waals surface area contributed by atoms with E-state index in [1.807, 2.05) is 12.1 Å². The molecule has 0 radical (unpaired) electrons. The molecule has 0 atom stereocenters. The smallest absolute Gasteiger partial charge is 0.247 e. The molecule has 0 saturated heterocycles. The lowest BCUT2D eigenvalue weighted by molar-refractivity contribution is -0.111. The topological polar surface area (TPSA) is 29.1 Å². The van der Waals surface area contributed by atoms with E-state index in [1.165, 1.54) is 11.6 Å². The Balaban J connectivity index is 2.33. The molecule has 1 amide bonds. The predicted molar refractivity (Wildman–Crippen MR) is 84.8 cm³/mol. The van der Waals surface area contributed by atoms with E-state index in [1.54, 1.807) is 12.1 Å². The van der Waals surface area contributed by atoms with Gasteiger partial charge in [0.25, 0.3) is 0 Å². The van der Waals surface area contributed by atoms with Gasteiger partial charge in [0.1, 0.15) is 5.82 Å². The molecule has 0 aromatic heterocycles. The summed E-state index contributed by atoms with van der Waals surface area (Å²) in [5.74, 6) is -0.470. The third-order valence-electron chi connectivity index (χ3n) is 3.30. The van der Waals surface area contributed by atoms with Gasteiger partial charge in [-0.25, -0.2) is 4.39 Å². The molecule has 0 fully saturated rings. The zero-order valence-electron chi connectivity index (χ0n) is 12.2. The fourth-order valence-electron chi connectivity index (χ4n) is 2.06. The van der Waals surface area contributed by atoms with Crippen molar-refractivity contribution in [2.24, 2.45) is 0 Å². The van der Waals surface area contributed by atoms with Crippen molar-refractivity contribution in [1.29, 1.82) is 0 Å². The van der Waals surface area contributed by atoms with Crippen molar-refractivity contribution in [3.63, 3.8) is 0 Å². The molecular formula is C18H18FNO. The second-order valence-corrected chi connectivity index (χ2v) is 5.17. The standard InChI is InChI=1S/C18H18FNO/c1-4-18(21)20-17-9-8-15(11-16(17)19)14-7-5-6-13(10-14)12(2)3/h4-12H,1H2,2-3H3,(H,20,21). The lowest BCUT2D eigenvalue weighted by Gasteiger charge is -2.10. The third-order valence-corrected chi connectivity index (χ3v) is 3.30. The van der Waals surface area contributed by atoms with Gasteiger partial charge in [0.05, 0.1) is 5.69 Å². The lowest BCUT2D eigenvalue weighted by atomic mass is 9.97. The van der Waals surface area contributed by atoms with Gasteiger partial charge in [0.15, 0.2) is 0 Å². The van der Waals surface area contributed by atoms with Crippen LogP contribution in [0.5, 0.6) is 0 Å². The van der Waals surface area contributed by atoms with Gasteiger partial charge in [-0.1, -0.05) is 50.8 Å². The molecule has 2 aromatic rings. The first kappa shape index (κ1) is 15.0. The van der Waals surface area contributed by atoms with Crippen molar-refractivity contribution in [2.45, 2.75) is 19.8 Å². The maximum absolute atomic E-state index is 14.0. The number of carbonyl (C=O) groups excluding carboxylic acids is 1. The largest absolute Gasteiger partial charge is 0.320 e. The molecule has 2 rings (SSSR count). The van der Waals surface area contributed by atoms with Gasteiger partial charge in [0.2, 0.25) is 5.91 Å². The zero-order valence-corrected chi connectivity index (χ0v) is 12.2. The molecule has 1 N–H and O–H groups in total. The van der Waals surface area contributed by atoms with Crippen molar-refractivity contribution in [3.05, 3.63) is 66.5 Å². The van der Waals surface area contributed by atoms with Gasteiger partial charge in [-0.2, -0.15) is 0 Å². The Morgan fingerprint density at radius 1 is 1.19 bits per heavy atom. The van der Waals surface area contributed by atoms with Gasteiger partial charge in [0, 0.05) is 0 Å². The van der Waals surface area contributed by atoms with Gasteiger partial charge in [-0.05, 0) is 40.8 Å². The number of carbonyl (C=O) groups is 1. The highest BCUT2D eigenvalue weighted by Crippen LogP contribution is 2.27. The van der Waals surface area contributed by atoms with Crippen LogP contribution < -0.4 is 5.32 Å². The minimum atomic E-state index is -0.461. The first-order chi connectivity index (χ1) is 10.0. The Morgan fingerprint density at radius 2 is 1.90 bits per heavy atom. The van der Waals surface area contributed by atoms with E-state index in [4.69, 9.17) is 0 Å². The number of hydrogen-bond donors (Lipinski definition) is 1. The minimum Gasteiger partial charge on any atom is -0.320 e. The van der Waals surface area contributed by atoms with E-state index in [2.05, 4.69) is 37.9 Å². The molecular weight excluding hydrogens is 265 g/mol. The van der Waals surface area contributed by atoms with Crippen LogP contribution in [0.1, 0.15) is 25.3 Å². The highest BCUT2D eigenvalue weighted by molar-refractivity contribution is 5.99. The fourth-order valence-corrected chi connectivity index (χ4v) is 2.06. The lowest BCUT2D eigenvalue weighted by Crippen LogP contribution is -2.08. The summed E-state index contributed by atoms with van der Waals surface area (Å²) >= 11 is 0. The van der Waals surface area contributed by atoms with E-state index < -0.39 is 11.7 Å². The van der Waals surface area contributed by atoms with Crippen LogP contribution in [-0.4, -0.2) is 5.91 Å². The van der Waals surface area contributed by atoms with Crippen molar-refractivity contribution in [1.82, 2.24) is 0 Å². The van der Waals surface area contributed by atoms with Crippen molar-refractivity contribution >= 4 is 11.6 Å². The number of anilines is 1. The fraction of sp³-hybridized carbons (Fsp3) is 0.167. The second-order valence-electron chi connectivity index (χ2n) is 5.17. The maximum Gasteiger partial charge on any atom is 0.247 e. The first-order valence-electron chi connectivity index (χ1n) is 6.84. The summed E-state index contributed by atoms with van der Waals surface area (Å²) < 4.78 is 14.0. The normalized spacial score (nSPS) is 10.5. The summed E-state index contributed by atoms with van der Waals surface area (Å²) in [6.07, 6.45) is 1.11. The van der Waals surface area contributed by atoms with Crippen LogP contribution >= 0.6 is 0 Å². The molecule has 2 nitrogen and oxygen atoms in total. The summed E-state index contributed by atoms with van der Waals surface area (Å²) in [6.45, 7) is 7.58. The Hall–Kier alpha value is -2.42. The molecule has 21 heavy (non-hydrogen) atoms. The van der Waals surface area contributed by atoms with Gasteiger partial charge >= 0.3 is 0 Å². The minimum absolute atomic E-state index is 0.156. The molecule has 108 valence electrons. The maximum atomic E-state index is 14.0. The van der Waals surface area contributed by atoms with Crippen LogP contribution in [0.3, 0.4) is 0 Å². The number of benzene rings is 2. The van der Waals surface area contributed by atoms with Crippen molar-refractivity contribution in [3.8, 4) is 11.1 Å². The monoisotopic (exact) mass is 283 g/mol. The third kappa shape index (κ3) is 3.57. The van der Waals surface area contributed by atoms with Crippen LogP contribution in [-0.2, 0) is 4.79 Å². The summed E-state index contributed by atoms with van der Waals surface area (Å²) in [5, 5.41) is 2.44. The van der Waals surface area contributed by atoms with Gasteiger partial charge in [-0.15, -0.1) is 0 Å². The average molecular weight is 283 g/mol. The predicted octanol–water partition coefficient (Wildman–Crippen LogP) is 4.74. The molecule has 0 aliphatic heterocycles.